The molecule has 2 amide bonds. The molecule has 0 saturated carbocycles. The number of hydrogen-bond acceptors (Lipinski definition) is 5. The second kappa shape index (κ2) is 7.97. The van der Waals surface area contributed by atoms with Gasteiger partial charge in [0.05, 0.1) is 22.8 Å². The number of imidazole rings is 1. The molecule has 2 heterocycles. The highest BCUT2D eigenvalue weighted by atomic mass is 35.5. The van der Waals surface area contributed by atoms with E-state index in [1.807, 2.05) is 13.0 Å². The molecule has 3 aromatic rings. The fraction of sp³-hybridized carbons (Fsp3) is 0.286. The summed E-state index contributed by atoms with van der Waals surface area (Å²) >= 11 is 6.00. The Bertz CT molecular complexity index is 1300. The number of rotatable bonds is 4. The minimum absolute atomic E-state index is 0.0688. The largest absolute Gasteiger partial charge is 0.342 e. The van der Waals surface area contributed by atoms with Gasteiger partial charge in [-0.05, 0) is 55.8 Å². The molecule has 4 rings (SSSR count). The predicted octanol–water partition coefficient (Wildman–Crippen LogP) is 2.78. The standard InChI is InChI=1S/C21H21ClN4O4S/c1-12-9-14(3-6-18(12)26-7-8-31(29,30)11-19(26)27)21(28)23-13(2)20-24-16-5-4-15(22)10-17(16)25-20/h3-6,9-10,13H,7-8,11H2,1-2H3,(H,23,28)(H,24,25)/t13-/m0/s1. The quantitative estimate of drug-likeness (QED) is 0.621. The van der Waals surface area contributed by atoms with Crippen molar-refractivity contribution in [3.05, 3.63) is 58.4 Å². The molecule has 2 N–H and O–H groups in total. The molecule has 1 saturated heterocycles. The number of aromatic amines is 1. The van der Waals surface area contributed by atoms with Crippen LogP contribution in [0.25, 0.3) is 11.0 Å². The third kappa shape index (κ3) is 4.42. The molecule has 1 atom stereocenters. The summed E-state index contributed by atoms with van der Waals surface area (Å²) in [5.74, 6) is -0.687. The molecule has 1 fully saturated rings. The van der Waals surface area contributed by atoms with Crippen molar-refractivity contribution in [2.75, 3.05) is 23.0 Å². The summed E-state index contributed by atoms with van der Waals surface area (Å²) in [5, 5.41) is 3.49. The number of H-pyrrole nitrogens is 1. The van der Waals surface area contributed by atoms with Gasteiger partial charge in [0.15, 0.2) is 9.84 Å². The number of nitrogens with one attached hydrogen (secondary N) is 2. The Balaban J connectivity index is 1.49. The Morgan fingerprint density at radius 2 is 2.03 bits per heavy atom. The van der Waals surface area contributed by atoms with Gasteiger partial charge in [-0.25, -0.2) is 13.4 Å². The first kappa shape index (κ1) is 21.3. The molecule has 0 radical (unpaired) electrons. The molecule has 0 bridgehead atoms. The summed E-state index contributed by atoms with van der Waals surface area (Å²) in [6.07, 6.45) is 0. The van der Waals surface area contributed by atoms with Crippen LogP contribution in [0.5, 0.6) is 0 Å². The minimum atomic E-state index is -3.33. The van der Waals surface area contributed by atoms with E-state index in [2.05, 4.69) is 15.3 Å². The van der Waals surface area contributed by atoms with Gasteiger partial charge in [-0.2, -0.15) is 0 Å². The first-order valence-electron chi connectivity index (χ1n) is 9.70. The Morgan fingerprint density at radius 3 is 2.74 bits per heavy atom. The molecule has 2 aromatic carbocycles. The van der Waals surface area contributed by atoms with Gasteiger partial charge in [0.25, 0.3) is 5.91 Å². The number of amides is 2. The molecule has 0 spiro atoms. The summed E-state index contributed by atoms with van der Waals surface area (Å²) in [4.78, 5) is 34.1. The van der Waals surface area contributed by atoms with E-state index in [0.29, 0.717) is 27.7 Å². The van der Waals surface area contributed by atoms with Crippen molar-refractivity contribution in [2.45, 2.75) is 19.9 Å². The Morgan fingerprint density at radius 1 is 1.26 bits per heavy atom. The topological polar surface area (TPSA) is 112 Å². The van der Waals surface area contributed by atoms with E-state index in [4.69, 9.17) is 11.6 Å². The number of carbonyl (C=O) groups excluding carboxylic acids is 2. The molecule has 10 heteroatoms. The van der Waals surface area contributed by atoms with E-state index in [1.54, 1.807) is 37.3 Å². The second-order valence-corrected chi connectivity index (χ2v) is 10.2. The van der Waals surface area contributed by atoms with Crippen LogP contribution in [0.4, 0.5) is 5.69 Å². The number of anilines is 1. The monoisotopic (exact) mass is 460 g/mol. The number of nitrogens with zero attached hydrogens (tertiary/aromatic N) is 2. The highest BCUT2D eigenvalue weighted by Gasteiger charge is 2.30. The fourth-order valence-corrected chi connectivity index (χ4v) is 4.90. The van der Waals surface area contributed by atoms with Gasteiger partial charge in [-0.3, -0.25) is 9.59 Å². The molecule has 1 aliphatic heterocycles. The van der Waals surface area contributed by atoms with Gasteiger partial charge < -0.3 is 15.2 Å². The Hall–Kier alpha value is -2.91. The number of carbonyl (C=O) groups is 2. The molecule has 162 valence electrons. The van der Waals surface area contributed by atoms with E-state index in [0.717, 1.165) is 11.0 Å². The minimum Gasteiger partial charge on any atom is -0.342 e. The third-order valence-electron chi connectivity index (χ3n) is 5.24. The fourth-order valence-electron chi connectivity index (χ4n) is 3.60. The summed E-state index contributed by atoms with van der Waals surface area (Å²) in [6, 6.07) is 9.97. The third-order valence-corrected chi connectivity index (χ3v) is 6.97. The molecule has 1 aromatic heterocycles. The van der Waals surface area contributed by atoms with Crippen LogP contribution in [0.2, 0.25) is 5.02 Å². The van der Waals surface area contributed by atoms with E-state index in [1.165, 1.54) is 4.90 Å². The summed E-state index contributed by atoms with van der Waals surface area (Å²) in [5.41, 5.74) is 3.31. The van der Waals surface area contributed by atoms with Crippen molar-refractivity contribution in [1.82, 2.24) is 15.3 Å². The average Bonchev–Trinajstić information content (AvgIpc) is 3.11. The number of hydrogen-bond donors (Lipinski definition) is 2. The number of halogens is 1. The zero-order valence-electron chi connectivity index (χ0n) is 17.0. The molecule has 31 heavy (non-hydrogen) atoms. The lowest BCUT2D eigenvalue weighted by atomic mass is 10.1. The molecule has 0 aliphatic carbocycles. The Kier molecular flexibility index (Phi) is 5.49. The predicted molar refractivity (Wildman–Crippen MR) is 119 cm³/mol. The number of fused-ring (bicyclic) bond motifs is 1. The maximum absolute atomic E-state index is 12.8. The van der Waals surface area contributed by atoms with E-state index in [-0.39, 0.29) is 24.2 Å². The zero-order valence-corrected chi connectivity index (χ0v) is 18.5. The van der Waals surface area contributed by atoms with E-state index < -0.39 is 21.5 Å². The summed E-state index contributed by atoms with van der Waals surface area (Å²) in [7, 11) is -3.33. The SMILES string of the molecule is Cc1cc(C(=O)N[C@@H](C)c2nc3cc(Cl)ccc3[nH]2)ccc1N1CCS(=O)(=O)CC1=O. The van der Waals surface area contributed by atoms with Crippen molar-refractivity contribution in [1.29, 1.82) is 0 Å². The van der Waals surface area contributed by atoms with Crippen LogP contribution in [-0.4, -0.2) is 48.3 Å². The second-order valence-electron chi connectivity index (χ2n) is 7.62. The van der Waals surface area contributed by atoms with Gasteiger partial charge >= 0.3 is 0 Å². The maximum Gasteiger partial charge on any atom is 0.251 e. The van der Waals surface area contributed by atoms with Crippen molar-refractivity contribution in [3.63, 3.8) is 0 Å². The van der Waals surface area contributed by atoms with Gasteiger partial charge in [0.1, 0.15) is 11.6 Å². The van der Waals surface area contributed by atoms with Crippen molar-refractivity contribution < 1.29 is 18.0 Å². The molecule has 1 aliphatic rings. The lowest BCUT2D eigenvalue weighted by Crippen LogP contribution is -2.45. The van der Waals surface area contributed by atoms with Crippen LogP contribution in [-0.2, 0) is 14.6 Å². The number of benzene rings is 2. The van der Waals surface area contributed by atoms with Crippen LogP contribution in [0.1, 0.15) is 34.7 Å². The Labute approximate surface area is 184 Å². The van der Waals surface area contributed by atoms with Gasteiger partial charge in [-0.15, -0.1) is 0 Å². The van der Waals surface area contributed by atoms with Crippen molar-refractivity contribution in [3.8, 4) is 0 Å². The summed E-state index contributed by atoms with van der Waals surface area (Å²) < 4.78 is 23.3. The van der Waals surface area contributed by atoms with Crippen LogP contribution in [0.3, 0.4) is 0 Å². The molecule has 8 nitrogen and oxygen atoms in total. The first-order chi connectivity index (χ1) is 14.6. The number of sulfone groups is 1. The smallest absolute Gasteiger partial charge is 0.251 e. The average molecular weight is 461 g/mol. The van der Waals surface area contributed by atoms with Gasteiger partial charge in [-0.1, -0.05) is 11.6 Å². The van der Waals surface area contributed by atoms with E-state index >= 15 is 0 Å². The normalized spacial score (nSPS) is 17.0. The summed E-state index contributed by atoms with van der Waals surface area (Å²) in [6.45, 7) is 3.72. The first-order valence-corrected chi connectivity index (χ1v) is 11.9. The molecular weight excluding hydrogens is 440 g/mol. The van der Waals surface area contributed by atoms with Crippen LogP contribution < -0.4 is 10.2 Å². The van der Waals surface area contributed by atoms with Gasteiger partial charge in [0, 0.05) is 22.8 Å². The van der Waals surface area contributed by atoms with Gasteiger partial charge in [0.2, 0.25) is 5.91 Å². The van der Waals surface area contributed by atoms with Crippen molar-refractivity contribution >= 4 is 50.0 Å². The van der Waals surface area contributed by atoms with Crippen LogP contribution >= 0.6 is 11.6 Å². The van der Waals surface area contributed by atoms with Crippen molar-refractivity contribution in [2.24, 2.45) is 0 Å². The lowest BCUT2D eigenvalue weighted by Gasteiger charge is -2.28. The number of aromatic nitrogens is 2. The van der Waals surface area contributed by atoms with Crippen LogP contribution in [0, 0.1) is 6.92 Å². The van der Waals surface area contributed by atoms with Crippen LogP contribution in [0.15, 0.2) is 36.4 Å². The molecule has 0 unspecified atom stereocenters. The lowest BCUT2D eigenvalue weighted by molar-refractivity contribution is -0.116. The highest BCUT2D eigenvalue weighted by molar-refractivity contribution is 7.92. The highest BCUT2D eigenvalue weighted by Crippen LogP contribution is 2.25. The maximum atomic E-state index is 12.8. The molecular formula is C21H21ClN4O4S. The van der Waals surface area contributed by atoms with E-state index in [9.17, 15) is 18.0 Å². The number of aryl methyl sites for hydroxylation is 1. The zero-order chi connectivity index (χ0) is 22.3.